The summed E-state index contributed by atoms with van der Waals surface area (Å²) in [5, 5.41) is 12.4. The molecule has 3 rings (SSSR count). The molecule has 7 nitrogen and oxygen atoms in total. The number of hydrogen-bond acceptors (Lipinski definition) is 5. The third-order valence-corrected chi connectivity index (χ3v) is 4.57. The molecule has 0 aromatic carbocycles. The van der Waals surface area contributed by atoms with E-state index in [1.165, 1.54) is 0 Å². The zero-order valence-electron chi connectivity index (χ0n) is 13.8. The molecule has 0 aliphatic carbocycles. The second-order valence-electron chi connectivity index (χ2n) is 6.04. The number of imidazole rings is 1. The quantitative estimate of drug-likeness (QED) is 0.925. The van der Waals surface area contributed by atoms with E-state index < -0.39 is 0 Å². The van der Waals surface area contributed by atoms with Gasteiger partial charge in [0.15, 0.2) is 0 Å². The van der Waals surface area contributed by atoms with E-state index >= 15 is 0 Å². The van der Waals surface area contributed by atoms with Crippen LogP contribution in [0.4, 0.5) is 5.82 Å². The molecule has 2 atom stereocenters. The number of piperidine rings is 1. The fraction of sp³-hybridized carbons (Fsp3) is 0.412. The summed E-state index contributed by atoms with van der Waals surface area (Å²) in [6.07, 6.45) is 6.61. The Hall–Kier alpha value is -2.88. The lowest BCUT2D eigenvalue weighted by Gasteiger charge is -2.38. The fourth-order valence-corrected chi connectivity index (χ4v) is 3.24. The Morgan fingerprint density at radius 3 is 2.92 bits per heavy atom. The van der Waals surface area contributed by atoms with Gasteiger partial charge in [0.2, 0.25) is 5.91 Å². The standard InChI is InChI=1S/C17H20N6O/c1-22-9-8-20-17(22)15-13(5-6-14(24)23(15)2)11-21-16-12(10-18)4-3-7-19-16/h3-4,7-9,13,15H,5-6,11H2,1-2H3,(H,19,21)/t13-,15+/m1/s1. The number of nitrogens with one attached hydrogen (secondary N) is 1. The number of carbonyl (C=O) groups excluding carboxylic acids is 1. The summed E-state index contributed by atoms with van der Waals surface area (Å²) in [5.41, 5.74) is 0.520. The summed E-state index contributed by atoms with van der Waals surface area (Å²) < 4.78 is 1.95. The van der Waals surface area contributed by atoms with Gasteiger partial charge >= 0.3 is 0 Å². The average Bonchev–Trinajstić information content (AvgIpc) is 3.02. The van der Waals surface area contributed by atoms with Crippen molar-refractivity contribution < 1.29 is 4.79 Å². The normalized spacial score (nSPS) is 20.7. The molecular formula is C17H20N6O. The van der Waals surface area contributed by atoms with Gasteiger partial charge < -0.3 is 14.8 Å². The maximum atomic E-state index is 12.1. The van der Waals surface area contributed by atoms with Gasteiger partial charge in [-0.05, 0) is 18.6 Å². The van der Waals surface area contributed by atoms with Crippen LogP contribution in [0.1, 0.15) is 30.3 Å². The number of carbonyl (C=O) groups is 1. The van der Waals surface area contributed by atoms with Crippen LogP contribution in [0, 0.1) is 17.2 Å². The second kappa shape index (κ2) is 6.71. The number of aryl methyl sites for hydroxylation is 1. The van der Waals surface area contributed by atoms with Crippen LogP contribution in [0.5, 0.6) is 0 Å². The van der Waals surface area contributed by atoms with Crippen LogP contribution >= 0.6 is 0 Å². The van der Waals surface area contributed by atoms with Crippen LogP contribution in [0.25, 0.3) is 0 Å². The Bertz CT molecular complexity index is 777. The highest BCUT2D eigenvalue weighted by atomic mass is 16.2. The van der Waals surface area contributed by atoms with Crippen LogP contribution in [-0.2, 0) is 11.8 Å². The zero-order valence-corrected chi connectivity index (χ0v) is 13.8. The molecule has 124 valence electrons. The van der Waals surface area contributed by atoms with Crippen molar-refractivity contribution in [1.29, 1.82) is 5.26 Å². The molecule has 1 saturated heterocycles. The van der Waals surface area contributed by atoms with Crippen LogP contribution in [0.2, 0.25) is 0 Å². The van der Waals surface area contributed by atoms with Crippen LogP contribution < -0.4 is 5.32 Å². The molecule has 1 fully saturated rings. The van der Waals surface area contributed by atoms with Gasteiger partial charge in [-0.1, -0.05) is 0 Å². The molecule has 0 spiro atoms. The van der Waals surface area contributed by atoms with E-state index in [2.05, 4.69) is 21.4 Å². The average molecular weight is 324 g/mol. The van der Waals surface area contributed by atoms with Crippen LogP contribution in [0.3, 0.4) is 0 Å². The topological polar surface area (TPSA) is 86.8 Å². The largest absolute Gasteiger partial charge is 0.369 e. The molecule has 1 amide bonds. The van der Waals surface area contributed by atoms with E-state index in [9.17, 15) is 10.1 Å². The van der Waals surface area contributed by atoms with Gasteiger partial charge in [0.05, 0.1) is 11.6 Å². The zero-order chi connectivity index (χ0) is 17.1. The van der Waals surface area contributed by atoms with Gasteiger partial charge in [-0.25, -0.2) is 9.97 Å². The lowest BCUT2D eigenvalue weighted by atomic mass is 9.88. The Balaban J connectivity index is 1.81. The molecule has 7 heteroatoms. The maximum absolute atomic E-state index is 12.1. The number of nitrogens with zero attached hydrogens (tertiary/aromatic N) is 5. The highest BCUT2D eigenvalue weighted by Gasteiger charge is 2.36. The van der Waals surface area contributed by atoms with Crippen molar-refractivity contribution >= 4 is 11.7 Å². The number of nitriles is 1. The molecule has 1 N–H and O–H groups in total. The van der Waals surface area contributed by atoms with E-state index in [4.69, 9.17) is 0 Å². The first-order valence-corrected chi connectivity index (χ1v) is 7.93. The second-order valence-corrected chi connectivity index (χ2v) is 6.04. The van der Waals surface area contributed by atoms with Crippen molar-refractivity contribution in [3.63, 3.8) is 0 Å². The van der Waals surface area contributed by atoms with Gasteiger partial charge in [-0.3, -0.25) is 4.79 Å². The first-order valence-electron chi connectivity index (χ1n) is 7.93. The highest BCUT2D eigenvalue weighted by Crippen LogP contribution is 2.34. The molecule has 3 heterocycles. The van der Waals surface area contributed by atoms with Gasteiger partial charge in [0.25, 0.3) is 0 Å². The summed E-state index contributed by atoms with van der Waals surface area (Å²) in [6.45, 7) is 0.626. The minimum Gasteiger partial charge on any atom is -0.369 e. The van der Waals surface area contributed by atoms with Crippen molar-refractivity contribution in [2.24, 2.45) is 13.0 Å². The number of anilines is 1. The van der Waals surface area contributed by atoms with E-state index in [1.54, 1.807) is 29.4 Å². The third kappa shape index (κ3) is 2.95. The monoisotopic (exact) mass is 324 g/mol. The lowest BCUT2D eigenvalue weighted by molar-refractivity contribution is -0.137. The molecule has 24 heavy (non-hydrogen) atoms. The molecule has 0 bridgehead atoms. The Morgan fingerprint density at radius 1 is 1.38 bits per heavy atom. The van der Waals surface area contributed by atoms with Crippen LogP contribution in [-0.4, -0.2) is 38.9 Å². The summed E-state index contributed by atoms with van der Waals surface area (Å²) in [4.78, 5) is 22.6. The molecule has 1 aliphatic rings. The SMILES string of the molecule is CN1C(=O)CC[C@H](CNc2ncccc2C#N)[C@H]1c1nccn1C. The van der Waals surface area contributed by atoms with E-state index in [0.717, 1.165) is 12.2 Å². The molecule has 2 aromatic rings. The molecule has 0 saturated carbocycles. The molecule has 1 aliphatic heterocycles. The summed E-state index contributed by atoms with van der Waals surface area (Å²) in [7, 11) is 3.77. The number of hydrogen-bond donors (Lipinski definition) is 1. The minimum atomic E-state index is -0.0898. The highest BCUT2D eigenvalue weighted by molar-refractivity contribution is 5.77. The Morgan fingerprint density at radius 2 is 2.21 bits per heavy atom. The Labute approximate surface area is 140 Å². The number of likely N-dealkylation sites (tertiary alicyclic amines) is 1. The lowest BCUT2D eigenvalue weighted by Crippen LogP contribution is -2.43. The van der Waals surface area contributed by atoms with Crippen LogP contribution in [0.15, 0.2) is 30.7 Å². The molecule has 0 unspecified atom stereocenters. The number of pyridine rings is 1. The van der Waals surface area contributed by atoms with E-state index in [1.807, 2.05) is 24.9 Å². The minimum absolute atomic E-state index is 0.0898. The van der Waals surface area contributed by atoms with Gasteiger partial charge in [0, 0.05) is 51.6 Å². The van der Waals surface area contributed by atoms with Crippen molar-refractivity contribution in [3.8, 4) is 6.07 Å². The first kappa shape index (κ1) is 16.0. The van der Waals surface area contributed by atoms with E-state index in [-0.39, 0.29) is 17.9 Å². The van der Waals surface area contributed by atoms with Crippen molar-refractivity contribution in [2.45, 2.75) is 18.9 Å². The predicted molar refractivity (Wildman–Crippen MR) is 88.9 cm³/mol. The van der Waals surface area contributed by atoms with Crippen molar-refractivity contribution in [2.75, 3.05) is 18.9 Å². The maximum Gasteiger partial charge on any atom is 0.222 e. The van der Waals surface area contributed by atoms with Gasteiger partial charge in [-0.15, -0.1) is 0 Å². The van der Waals surface area contributed by atoms with Crippen molar-refractivity contribution in [3.05, 3.63) is 42.1 Å². The van der Waals surface area contributed by atoms with Crippen molar-refractivity contribution in [1.82, 2.24) is 19.4 Å². The number of rotatable bonds is 4. The van der Waals surface area contributed by atoms with Gasteiger partial charge in [0.1, 0.15) is 17.7 Å². The van der Waals surface area contributed by atoms with Gasteiger partial charge in [-0.2, -0.15) is 5.26 Å². The number of aromatic nitrogens is 3. The number of amides is 1. The molecular weight excluding hydrogens is 304 g/mol. The summed E-state index contributed by atoms with van der Waals surface area (Å²) >= 11 is 0. The smallest absolute Gasteiger partial charge is 0.222 e. The molecule has 0 radical (unpaired) electrons. The Kier molecular flexibility index (Phi) is 4.47. The summed E-state index contributed by atoms with van der Waals surface area (Å²) in [5.74, 6) is 1.79. The fourth-order valence-electron chi connectivity index (χ4n) is 3.24. The van der Waals surface area contributed by atoms with E-state index in [0.29, 0.717) is 24.3 Å². The molecule has 2 aromatic heterocycles. The first-order chi connectivity index (χ1) is 11.6. The predicted octanol–water partition coefficient (Wildman–Crippen LogP) is 1.71. The third-order valence-electron chi connectivity index (χ3n) is 4.57. The summed E-state index contributed by atoms with van der Waals surface area (Å²) in [6, 6.07) is 5.53.